The van der Waals surface area contributed by atoms with Gasteiger partial charge in [0, 0.05) is 6.92 Å². The minimum atomic E-state index is -0.505. The SMILES string of the molecule is CC(=O)O/C=C(\Cl)C=O. The first-order valence-corrected chi connectivity index (χ1v) is 2.52. The average Bonchev–Trinajstić information content (AvgIpc) is 1.83. The Bertz CT molecular complexity index is 150. The van der Waals surface area contributed by atoms with Gasteiger partial charge < -0.3 is 4.74 Å². The molecule has 0 fully saturated rings. The fraction of sp³-hybridized carbons (Fsp3) is 0.200. The maximum Gasteiger partial charge on any atom is 0.307 e. The molecule has 0 aliphatic carbocycles. The van der Waals surface area contributed by atoms with E-state index in [0.29, 0.717) is 6.29 Å². The van der Waals surface area contributed by atoms with Crippen molar-refractivity contribution >= 4 is 23.9 Å². The Morgan fingerprint density at radius 3 is 2.56 bits per heavy atom. The third kappa shape index (κ3) is 5.03. The van der Waals surface area contributed by atoms with E-state index in [-0.39, 0.29) is 5.03 Å². The van der Waals surface area contributed by atoms with Gasteiger partial charge in [-0.25, -0.2) is 0 Å². The number of esters is 1. The molecule has 0 aromatic rings. The van der Waals surface area contributed by atoms with Crippen LogP contribution in [0.25, 0.3) is 0 Å². The van der Waals surface area contributed by atoms with E-state index in [9.17, 15) is 9.59 Å². The second kappa shape index (κ2) is 4.09. The first-order valence-electron chi connectivity index (χ1n) is 2.15. The van der Waals surface area contributed by atoms with E-state index in [0.717, 1.165) is 6.26 Å². The molecule has 0 aliphatic heterocycles. The van der Waals surface area contributed by atoms with E-state index in [1.807, 2.05) is 0 Å². The maximum absolute atomic E-state index is 10.0. The quantitative estimate of drug-likeness (QED) is 0.252. The molecule has 0 bridgehead atoms. The molecule has 0 saturated heterocycles. The van der Waals surface area contributed by atoms with Gasteiger partial charge in [-0.1, -0.05) is 11.6 Å². The number of carbonyl (C=O) groups is 2. The van der Waals surface area contributed by atoms with Gasteiger partial charge in [-0.05, 0) is 0 Å². The van der Waals surface area contributed by atoms with Crippen molar-refractivity contribution in [1.29, 1.82) is 0 Å². The molecule has 0 saturated carbocycles. The van der Waals surface area contributed by atoms with Crippen molar-refractivity contribution in [3.05, 3.63) is 11.3 Å². The lowest BCUT2D eigenvalue weighted by molar-refractivity contribution is -0.135. The van der Waals surface area contributed by atoms with Gasteiger partial charge >= 0.3 is 5.97 Å². The lowest BCUT2D eigenvalue weighted by Crippen LogP contribution is -1.90. The van der Waals surface area contributed by atoms with Crippen LogP contribution in [0, 0.1) is 0 Å². The fourth-order valence-electron chi connectivity index (χ4n) is 0.167. The normalized spacial score (nSPS) is 10.7. The fourth-order valence-corrected chi connectivity index (χ4v) is 0.212. The standard InChI is InChI=1S/C5H5ClO3/c1-4(8)9-3-5(6)2-7/h2-3H,1H3/b5-3-. The van der Waals surface area contributed by atoms with Crippen molar-refractivity contribution in [3.63, 3.8) is 0 Å². The number of rotatable bonds is 2. The topological polar surface area (TPSA) is 43.4 Å². The van der Waals surface area contributed by atoms with Crippen molar-refractivity contribution in [3.8, 4) is 0 Å². The summed E-state index contributed by atoms with van der Waals surface area (Å²) in [6.45, 7) is 1.21. The molecule has 0 aliphatic rings. The van der Waals surface area contributed by atoms with Gasteiger partial charge in [-0.3, -0.25) is 9.59 Å². The van der Waals surface area contributed by atoms with Gasteiger partial charge in [0.1, 0.15) is 11.3 Å². The molecule has 3 nitrogen and oxygen atoms in total. The molecule has 0 amide bonds. The average molecular weight is 149 g/mol. The highest BCUT2D eigenvalue weighted by Crippen LogP contribution is 1.95. The van der Waals surface area contributed by atoms with Crippen LogP contribution in [0.1, 0.15) is 6.92 Å². The second-order valence-electron chi connectivity index (χ2n) is 1.23. The number of aldehydes is 1. The molecule has 0 aromatic heterocycles. The third-order valence-corrected chi connectivity index (χ3v) is 0.628. The molecule has 0 N–H and O–H groups in total. The highest BCUT2D eigenvalue weighted by Gasteiger charge is 1.89. The van der Waals surface area contributed by atoms with Gasteiger partial charge in [0.05, 0.1) is 0 Å². The number of halogens is 1. The zero-order valence-electron chi connectivity index (χ0n) is 4.76. The summed E-state index contributed by atoms with van der Waals surface area (Å²) in [7, 11) is 0. The molecule has 0 rings (SSSR count). The zero-order chi connectivity index (χ0) is 7.28. The molecule has 0 unspecified atom stereocenters. The summed E-state index contributed by atoms with van der Waals surface area (Å²) in [6, 6.07) is 0. The Kier molecular flexibility index (Phi) is 3.71. The zero-order valence-corrected chi connectivity index (χ0v) is 5.51. The van der Waals surface area contributed by atoms with Crippen molar-refractivity contribution in [2.24, 2.45) is 0 Å². The summed E-state index contributed by atoms with van der Waals surface area (Å²) >= 11 is 5.13. The summed E-state index contributed by atoms with van der Waals surface area (Å²) in [6.07, 6.45) is 1.27. The van der Waals surface area contributed by atoms with Gasteiger partial charge in [-0.15, -0.1) is 0 Å². The molecule has 0 atom stereocenters. The predicted molar refractivity (Wildman–Crippen MR) is 31.8 cm³/mol. The first-order chi connectivity index (χ1) is 4.16. The van der Waals surface area contributed by atoms with Crippen LogP contribution < -0.4 is 0 Å². The Morgan fingerprint density at radius 2 is 2.22 bits per heavy atom. The molecule has 0 heterocycles. The highest BCUT2D eigenvalue weighted by molar-refractivity contribution is 6.38. The molecule has 0 spiro atoms. The lowest BCUT2D eigenvalue weighted by atomic mass is 10.7. The smallest absolute Gasteiger partial charge is 0.307 e. The summed E-state index contributed by atoms with van der Waals surface area (Å²) in [5, 5.41) is -0.134. The van der Waals surface area contributed by atoms with Gasteiger partial charge in [0.15, 0.2) is 6.29 Å². The number of hydrogen-bond acceptors (Lipinski definition) is 3. The van der Waals surface area contributed by atoms with Crippen molar-refractivity contribution in [2.75, 3.05) is 0 Å². The Balaban J connectivity index is 3.69. The Morgan fingerprint density at radius 1 is 1.67 bits per heavy atom. The van der Waals surface area contributed by atoms with E-state index >= 15 is 0 Å². The summed E-state index contributed by atoms with van der Waals surface area (Å²) in [5.41, 5.74) is 0. The van der Waals surface area contributed by atoms with Crippen LogP contribution in [0.2, 0.25) is 0 Å². The van der Waals surface area contributed by atoms with E-state index in [1.165, 1.54) is 6.92 Å². The van der Waals surface area contributed by atoms with Crippen LogP contribution in [-0.2, 0) is 14.3 Å². The molecular formula is C5H5ClO3. The van der Waals surface area contributed by atoms with Crippen molar-refractivity contribution < 1.29 is 14.3 Å². The van der Waals surface area contributed by atoms with Crippen LogP contribution in [0.3, 0.4) is 0 Å². The molecule has 0 aromatic carbocycles. The largest absolute Gasteiger partial charge is 0.433 e. The lowest BCUT2D eigenvalue weighted by Gasteiger charge is -1.88. The minimum Gasteiger partial charge on any atom is -0.433 e. The van der Waals surface area contributed by atoms with Crippen LogP contribution in [-0.4, -0.2) is 12.3 Å². The van der Waals surface area contributed by atoms with Gasteiger partial charge in [0.2, 0.25) is 0 Å². The molecule has 0 radical (unpaired) electrons. The van der Waals surface area contributed by atoms with Crippen LogP contribution in [0.5, 0.6) is 0 Å². The molecule has 4 heteroatoms. The monoisotopic (exact) mass is 148 g/mol. The third-order valence-electron chi connectivity index (χ3n) is 0.450. The van der Waals surface area contributed by atoms with Crippen LogP contribution in [0.15, 0.2) is 11.3 Å². The maximum atomic E-state index is 10.0. The highest BCUT2D eigenvalue weighted by atomic mass is 35.5. The van der Waals surface area contributed by atoms with Crippen molar-refractivity contribution in [2.45, 2.75) is 6.92 Å². The second-order valence-corrected chi connectivity index (χ2v) is 1.67. The van der Waals surface area contributed by atoms with Gasteiger partial charge in [0.25, 0.3) is 0 Å². The van der Waals surface area contributed by atoms with E-state index in [2.05, 4.69) is 4.74 Å². The van der Waals surface area contributed by atoms with Crippen LogP contribution in [0.4, 0.5) is 0 Å². The predicted octanol–water partition coefficient (Wildman–Crippen LogP) is 0.829. The summed E-state index contributed by atoms with van der Waals surface area (Å²) in [4.78, 5) is 19.7. The Labute approximate surface area is 57.2 Å². The van der Waals surface area contributed by atoms with Crippen molar-refractivity contribution in [1.82, 2.24) is 0 Å². The Hall–Kier alpha value is -0.830. The van der Waals surface area contributed by atoms with E-state index in [1.54, 1.807) is 0 Å². The van der Waals surface area contributed by atoms with E-state index < -0.39 is 5.97 Å². The first kappa shape index (κ1) is 8.17. The summed E-state index contributed by atoms with van der Waals surface area (Å²) < 4.78 is 4.23. The number of allylic oxidation sites excluding steroid dienone is 1. The minimum absolute atomic E-state index is 0.134. The number of ether oxygens (including phenoxy) is 1. The molecule has 50 valence electrons. The van der Waals surface area contributed by atoms with Gasteiger partial charge in [-0.2, -0.15) is 0 Å². The van der Waals surface area contributed by atoms with Crippen LogP contribution >= 0.6 is 11.6 Å². The van der Waals surface area contributed by atoms with E-state index in [4.69, 9.17) is 11.6 Å². The summed E-state index contributed by atoms with van der Waals surface area (Å²) in [5.74, 6) is -0.505. The number of carbonyl (C=O) groups excluding carboxylic acids is 2. The molecule has 9 heavy (non-hydrogen) atoms. The number of hydrogen-bond donors (Lipinski definition) is 0. The molecular weight excluding hydrogens is 144 g/mol.